The molecule has 0 aliphatic heterocycles. The van der Waals surface area contributed by atoms with Crippen molar-refractivity contribution in [3.8, 4) is 0 Å². The van der Waals surface area contributed by atoms with E-state index in [-0.39, 0.29) is 11.5 Å². The van der Waals surface area contributed by atoms with Gasteiger partial charge in [-0.2, -0.15) is 0 Å². The van der Waals surface area contributed by atoms with Crippen LogP contribution in [0.2, 0.25) is 0 Å². The molecule has 0 aromatic carbocycles. The highest BCUT2D eigenvalue weighted by atomic mass is 32.2. The highest BCUT2D eigenvalue weighted by Crippen LogP contribution is 2.33. The smallest absolute Gasteiger partial charge is 0.179 e. The van der Waals surface area contributed by atoms with Crippen LogP contribution in [-0.4, -0.2) is 44.0 Å². The highest BCUT2D eigenvalue weighted by molar-refractivity contribution is 7.90. The Morgan fingerprint density at radius 3 is 2.76 bits per heavy atom. The van der Waals surface area contributed by atoms with Gasteiger partial charge in [-0.1, -0.05) is 0 Å². The largest absolute Gasteiger partial charge is 0.395 e. The van der Waals surface area contributed by atoms with Crippen LogP contribution in [0.15, 0.2) is 23.2 Å². The van der Waals surface area contributed by atoms with Crippen LogP contribution in [0.4, 0.5) is 5.82 Å². The Labute approximate surface area is 101 Å². The Morgan fingerprint density at radius 1 is 1.53 bits per heavy atom. The molecule has 1 saturated carbocycles. The number of sulfone groups is 1. The van der Waals surface area contributed by atoms with Crippen LogP contribution in [-0.2, 0) is 9.84 Å². The van der Waals surface area contributed by atoms with E-state index in [2.05, 4.69) is 4.98 Å². The quantitative estimate of drug-likeness (QED) is 0.828. The van der Waals surface area contributed by atoms with Crippen molar-refractivity contribution in [2.45, 2.75) is 23.8 Å². The Morgan fingerprint density at radius 2 is 2.24 bits per heavy atom. The first-order valence-electron chi connectivity index (χ1n) is 5.56. The minimum atomic E-state index is -3.29. The summed E-state index contributed by atoms with van der Waals surface area (Å²) in [5.41, 5.74) is 0. The van der Waals surface area contributed by atoms with E-state index in [4.69, 9.17) is 5.11 Å². The standard InChI is InChI=1S/C11H16N2O3S/c1-17(15,16)10-3-2-6-12-11(10)13(7-8-14)9-4-5-9/h2-3,6,9,14H,4-5,7-8H2,1H3. The lowest BCUT2D eigenvalue weighted by molar-refractivity contribution is 0.300. The number of hydrogen-bond acceptors (Lipinski definition) is 5. The van der Waals surface area contributed by atoms with Crippen molar-refractivity contribution in [2.75, 3.05) is 24.3 Å². The fourth-order valence-corrected chi connectivity index (χ4v) is 2.67. The molecule has 1 aromatic heterocycles. The number of anilines is 1. The minimum absolute atomic E-state index is 0.00369. The zero-order valence-corrected chi connectivity index (χ0v) is 10.5. The lowest BCUT2D eigenvalue weighted by Crippen LogP contribution is -2.31. The van der Waals surface area contributed by atoms with E-state index in [1.165, 1.54) is 6.26 Å². The van der Waals surface area contributed by atoms with Gasteiger partial charge in [-0.05, 0) is 25.0 Å². The first-order chi connectivity index (χ1) is 8.04. The normalized spacial score (nSPS) is 15.9. The van der Waals surface area contributed by atoms with Crippen LogP contribution < -0.4 is 4.90 Å². The summed E-state index contributed by atoms with van der Waals surface area (Å²) < 4.78 is 23.4. The van der Waals surface area contributed by atoms with Gasteiger partial charge >= 0.3 is 0 Å². The molecule has 0 amide bonds. The summed E-state index contributed by atoms with van der Waals surface area (Å²) in [5, 5.41) is 9.05. The summed E-state index contributed by atoms with van der Waals surface area (Å²) in [6.45, 7) is 0.417. The molecule has 6 heteroatoms. The fourth-order valence-electron chi connectivity index (χ4n) is 1.84. The monoisotopic (exact) mass is 256 g/mol. The maximum absolute atomic E-state index is 11.7. The van der Waals surface area contributed by atoms with Crippen molar-refractivity contribution in [3.63, 3.8) is 0 Å². The Kier molecular flexibility index (Phi) is 3.35. The van der Waals surface area contributed by atoms with Crippen molar-refractivity contribution in [2.24, 2.45) is 0 Å². The third-order valence-electron chi connectivity index (χ3n) is 2.75. The minimum Gasteiger partial charge on any atom is -0.395 e. The topological polar surface area (TPSA) is 70.5 Å². The zero-order valence-electron chi connectivity index (χ0n) is 9.70. The summed E-state index contributed by atoms with van der Waals surface area (Å²) in [6.07, 6.45) is 4.81. The molecule has 0 atom stereocenters. The van der Waals surface area contributed by atoms with Gasteiger partial charge in [-0.15, -0.1) is 0 Å². The Bertz CT molecular complexity index is 497. The Hall–Kier alpha value is -1.14. The molecule has 0 unspecified atom stereocenters. The average molecular weight is 256 g/mol. The SMILES string of the molecule is CS(=O)(=O)c1cccnc1N(CCO)C1CC1. The van der Waals surface area contributed by atoms with E-state index < -0.39 is 9.84 Å². The van der Waals surface area contributed by atoms with Crippen LogP contribution in [0.1, 0.15) is 12.8 Å². The molecule has 94 valence electrons. The molecule has 1 aromatic rings. The maximum Gasteiger partial charge on any atom is 0.179 e. The maximum atomic E-state index is 11.7. The third-order valence-corrected chi connectivity index (χ3v) is 3.87. The number of nitrogens with zero attached hydrogens (tertiary/aromatic N) is 2. The molecule has 2 rings (SSSR count). The van der Waals surface area contributed by atoms with Crippen LogP contribution in [0.3, 0.4) is 0 Å². The van der Waals surface area contributed by atoms with Crippen LogP contribution >= 0.6 is 0 Å². The molecular formula is C11H16N2O3S. The molecule has 0 bridgehead atoms. The Balaban J connectivity index is 2.42. The van der Waals surface area contributed by atoms with Gasteiger partial charge in [-0.3, -0.25) is 0 Å². The predicted molar refractivity (Wildman–Crippen MR) is 64.8 cm³/mol. The molecule has 5 nitrogen and oxygen atoms in total. The molecule has 0 saturated heterocycles. The van der Waals surface area contributed by atoms with E-state index in [1.807, 2.05) is 4.90 Å². The van der Waals surface area contributed by atoms with Gasteiger partial charge in [-0.25, -0.2) is 13.4 Å². The number of rotatable bonds is 5. The molecule has 0 spiro atoms. The van der Waals surface area contributed by atoms with Gasteiger partial charge in [0, 0.05) is 25.0 Å². The molecule has 17 heavy (non-hydrogen) atoms. The first-order valence-corrected chi connectivity index (χ1v) is 7.46. The van der Waals surface area contributed by atoms with E-state index in [0.717, 1.165) is 12.8 Å². The van der Waals surface area contributed by atoms with E-state index in [1.54, 1.807) is 18.3 Å². The molecule has 1 N–H and O–H groups in total. The van der Waals surface area contributed by atoms with Crippen LogP contribution in [0, 0.1) is 0 Å². The van der Waals surface area contributed by atoms with E-state index >= 15 is 0 Å². The van der Waals surface area contributed by atoms with Crippen molar-refractivity contribution in [1.29, 1.82) is 0 Å². The summed E-state index contributed by atoms with van der Waals surface area (Å²) in [5.74, 6) is 0.464. The molecular weight excluding hydrogens is 240 g/mol. The van der Waals surface area contributed by atoms with Gasteiger partial charge in [0.2, 0.25) is 0 Å². The predicted octanol–water partition coefficient (Wildman–Crippen LogP) is 0.446. The second kappa shape index (κ2) is 4.62. The number of aliphatic hydroxyl groups excluding tert-OH is 1. The second-order valence-corrected chi connectivity index (χ2v) is 6.23. The lowest BCUT2D eigenvalue weighted by Gasteiger charge is -2.24. The van der Waals surface area contributed by atoms with Gasteiger partial charge in [0.1, 0.15) is 10.7 Å². The number of aliphatic hydroxyl groups is 1. The summed E-state index contributed by atoms with van der Waals surface area (Å²) in [4.78, 5) is 6.28. The van der Waals surface area contributed by atoms with Crippen molar-refractivity contribution >= 4 is 15.7 Å². The molecule has 1 aliphatic carbocycles. The molecule has 0 radical (unpaired) electrons. The van der Waals surface area contributed by atoms with Gasteiger partial charge < -0.3 is 10.0 Å². The average Bonchev–Trinajstić information content (AvgIpc) is 3.08. The van der Waals surface area contributed by atoms with Gasteiger partial charge in [0.05, 0.1) is 6.61 Å². The van der Waals surface area contributed by atoms with E-state index in [9.17, 15) is 8.42 Å². The van der Waals surface area contributed by atoms with Crippen molar-refractivity contribution in [1.82, 2.24) is 4.98 Å². The van der Waals surface area contributed by atoms with Gasteiger partial charge in [0.25, 0.3) is 0 Å². The summed E-state index contributed by atoms with van der Waals surface area (Å²) in [7, 11) is -3.29. The van der Waals surface area contributed by atoms with Crippen molar-refractivity contribution in [3.05, 3.63) is 18.3 Å². The third kappa shape index (κ3) is 2.76. The first kappa shape index (κ1) is 12.3. The number of hydrogen-bond donors (Lipinski definition) is 1. The summed E-state index contributed by atoms with van der Waals surface area (Å²) in [6, 6.07) is 3.49. The lowest BCUT2D eigenvalue weighted by atomic mass is 10.4. The van der Waals surface area contributed by atoms with Crippen LogP contribution in [0.5, 0.6) is 0 Å². The molecule has 1 fully saturated rings. The second-order valence-electron chi connectivity index (χ2n) is 4.25. The van der Waals surface area contributed by atoms with Crippen molar-refractivity contribution < 1.29 is 13.5 Å². The highest BCUT2D eigenvalue weighted by Gasteiger charge is 2.32. The molecule has 1 aliphatic rings. The van der Waals surface area contributed by atoms with Gasteiger partial charge in [0.15, 0.2) is 9.84 Å². The zero-order chi connectivity index (χ0) is 12.5. The van der Waals surface area contributed by atoms with E-state index in [0.29, 0.717) is 18.4 Å². The van der Waals surface area contributed by atoms with Crippen LogP contribution in [0.25, 0.3) is 0 Å². The number of aromatic nitrogens is 1. The summed E-state index contributed by atoms with van der Waals surface area (Å²) >= 11 is 0. The number of pyridine rings is 1. The molecule has 1 heterocycles. The fraction of sp³-hybridized carbons (Fsp3) is 0.545.